The summed E-state index contributed by atoms with van der Waals surface area (Å²) in [5.41, 5.74) is 2.10. The van der Waals surface area contributed by atoms with E-state index in [2.05, 4.69) is 9.17 Å². The first-order valence-corrected chi connectivity index (χ1v) is 13.8. The van der Waals surface area contributed by atoms with Gasteiger partial charge in [0, 0.05) is 33.0 Å². The maximum Gasteiger partial charge on any atom is 0.338 e. The number of aryl methyl sites for hydroxylation is 1. The van der Waals surface area contributed by atoms with Gasteiger partial charge in [0.25, 0.3) is 5.56 Å². The van der Waals surface area contributed by atoms with Gasteiger partial charge in [-0.25, -0.2) is 9.59 Å². The molecule has 1 saturated heterocycles. The first-order chi connectivity index (χ1) is 16.4. The van der Waals surface area contributed by atoms with Crippen LogP contribution in [0.25, 0.3) is 11.1 Å². The van der Waals surface area contributed by atoms with Gasteiger partial charge in [-0.1, -0.05) is 42.5 Å². The molecule has 10 heteroatoms. The van der Waals surface area contributed by atoms with Gasteiger partial charge in [0.05, 0.1) is 28.0 Å². The molecule has 0 radical (unpaired) electrons. The molecule has 1 N–H and O–H groups in total. The van der Waals surface area contributed by atoms with Crippen molar-refractivity contribution in [2.45, 2.75) is 32.1 Å². The van der Waals surface area contributed by atoms with Crippen LogP contribution in [0, 0.1) is 6.92 Å². The number of hydrogen-bond donors (Lipinski definition) is 1. The van der Waals surface area contributed by atoms with Crippen LogP contribution in [0.5, 0.6) is 0 Å². The van der Waals surface area contributed by atoms with Crippen molar-refractivity contribution in [3.8, 4) is 11.1 Å². The monoisotopic (exact) mass is 596 g/mol. The molecule has 2 unspecified atom stereocenters. The van der Waals surface area contributed by atoms with E-state index in [0.29, 0.717) is 24.0 Å². The van der Waals surface area contributed by atoms with Crippen LogP contribution >= 0.6 is 30.4 Å². The Labute approximate surface area is 213 Å². The molecule has 1 fully saturated rings. The molecule has 2 aromatic carbocycles. The second kappa shape index (κ2) is 12.9. The Kier molecular flexibility index (Phi) is 9.93. The maximum atomic E-state index is 12.4. The summed E-state index contributed by atoms with van der Waals surface area (Å²) in [5.74, 6) is -0.418. The SMILES string of the molecule is COSI.Cc1cn(C2CCC(COC(=O)c3ccc(-c4ccccc4)cc3)O2)c(=O)[nH]c1=O. The highest BCUT2D eigenvalue weighted by Crippen LogP contribution is 2.27. The highest BCUT2D eigenvalue weighted by Gasteiger charge is 2.28. The third-order valence-electron chi connectivity index (χ3n) is 5.23. The van der Waals surface area contributed by atoms with Crippen molar-refractivity contribution < 1.29 is 18.5 Å². The number of aromatic amines is 1. The number of nitrogens with one attached hydrogen (secondary N) is 1. The number of halogens is 1. The second-order valence-electron chi connectivity index (χ2n) is 7.54. The Morgan fingerprint density at radius 2 is 1.76 bits per heavy atom. The Balaban J connectivity index is 0.000000751. The fraction of sp³-hybridized carbons (Fsp3) is 0.292. The number of carbonyl (C=O) groups is 1. The number of aromatic nitrogens is 2. The lowest BCUT2D eigenvalue weighted by Crippen LogP contribution is -2.33. The molecule has 0 saturated carbocycles. The van der Waals surface area contributed by atoms with E-state index in [1.54, 1.807) is 26.2 Å². The van der Waals surface area contributed by atoms with Crippen LogP contribution in [0.1, 0.15) is 35.0 Å². The summed E-state index contributed by atoms with van der Waals surface area (Å²) >= 11 is 2.05. The molecule has 0 spiro atoms. The van der Waals surface area contributed by atoms with Gasteiger partial charge in [0.2, 0.25) is 0 Å². The van der Waals surface area contributed by atoms with Crippen molar-refractivity contribution in [2.24, 2.45) is 0 Å². The van der Waals surface area contributed by atoms with Gasteiger partial charge in [-0.05, 0) is 43.0 Å². The van der Waals surface area contributed by atoms with Gasteiger partial charge < -0.3 is 13.7 Å². The average molecular weight is 596 g/mol. The van der Waals surface area contributed by atoms with Crippen LogP contribution < -0.4 is 11.2 Å². The van der Waals surface area contributed by atoms with Crippen LogP contribution in [0.4, 0.5) is 0 Å². The fourth-order valence-corrected chi connectivity index (χ4v) is 3.50. The lowest BCUT2D eigenvalue weighted by molar-refractivity contribution is -0.0340. The van der Waals surface area contributed by atoms with Crippen molar-refractivity contribution in [1.29, 1.82) is 0 Å². The summed E-state index contributed by atoms with van der Waals surface area (Å²) < 4.78 is 17.1. The van der Waals surface area contributed by atoms with Crippen LogP contribution in [0.15, 0.2) is 70.4 Å². The summed E-state index contributed by atoms with van der Waals surface area (Å²) in [6, 6.07) is 17.2. The Morgan fingerprint density at radius 3 is 2.41 bits per heavy atom. The minimum Gasteiger partial charge on any atom is -0.459 e. The summed E-state index contributed by atoms with van der Waals surface area (Å²) in [5, 5.41) is 0. The van der Waals surface area contributed by atoms with E-state index in [9.17, 15) is 14.4 Å². The smallest absolute Gasteiger partial charge is 0.338 e. The van der Waals surface area contributed by atoms with Crippen LogP contribution in [-0.4, -0.2) is 35.3 Å². The van der Waals surface area contributed by atoms with Crippen LogP contribution in [-0.2, 0) is 13.7 Å². The third-order valence-corrected chi connectivity index (χ3v) is 6.44. The van der Waals surface area contributed by atoms with Gasteiger partial charge >= 0.3 is 11.7 Å². The molecule has 0 aliphatic carbocycles. The molecule has 0 amide bonds. The topological polar surface area (TPSA) is 99.6 Å². The first-order valence-electron chi connectivity index (χ1n) is 10.5. The molecular weight excluding hydrogens is 571 g/mol. The summed E-state index contributed by atoms with van der Waals surface area (Å²) in [7, 11) is 2.96. The van der Waals surface area contributed by atoms with E-state index in [1.807, 2.05) is 63.7 Å². The van der Waals surface area contributed by atoms with Crippen molar-refractivity contribution >= 4 is 36.4 Å². The van der Waals surface area contributed by atoms with Gasteiger partial charge in [-0.15, -0.1) is 0 Å². The van der Waals surface area contributed by atoms with Crippen LogP contribution in [0.2, 0.25) is 0 Å². The fourth-order valence-electron chi connectivity index (χ4n) is 3.50. The molecule has 34 heavy (non-hydrogen) atoms. The number of H-pyrrole nitrogens is 1. The van der Waals surface area contributed by atoms with E-state index in [-0.39, 0.29) is 12.7 Å². The number of hydrogen-bond acceptors (Lipinski definition) is 7. The Hall–Kier alpha value is -2.41. The third kappa shape index (κ3) is 7.05. The molecule has 8 nitrogen and oxygen atoms in total. The number of carbonyl (C=O) groups excluding carboxylic acids is 1. The number of ether oxygens (including phenoxy) is 2. The second-order valence-corrected chi connectivity index (χ2v) is 9.08. The predicted molar refractivity (Wildman–Crippen MR) is 140 cm³/mol. The van der Waals surface area contributed by atoms with Crippen molar-refractivity contribution in [3.63, 3.8) is 0 Å². The maximum absolute atomic E-state index is 12.4. The molecule has 1 aliphatic heterocycles. The predicted octanol–water partition coefficient (Wildman–Crippen LogP) is 4.68. The van der Waals surface area contributed by atoms with Crippen molar-refractivity contribution in [3.05, 3.63) is 92.8 Å². The quantitative estimate of drug-likeness (QED) is 0.251. The number of esters is 1. The summed E-state index contributed by atoms with van der Waals surface area (Å²) in [4.78, 5) is 38.2. The number of rotatable bonds is 6. The van der Waals surface area contributed by atoms with E-state index in [0.717, 1.165) is 11.1 Å². The standard InChI is InChI=1S/C23H22N2O5.CH3IOS/c1-15-13-25(23(28)24-21(15)26)20-12-11-19(30-20)14-29-22(27)18-9-7-17(8-10-18)16-5-3-2-4-6-16;1-3-4-2/h2-10,13,19-20H,11-12,14H2,1H3,(H,24,26,28);1H3. The molecule has 1 aliphatic rings. The summed E-state index contributed by atoms with van der Waals surface area (Å²) in [6.45, 7) is 1.74. The summed E-state index contributed by atoms with van der Waals surface area (Å²) in [6.07, 6.45) is 1.95. The Morgan fingerprint density at radius 1 is 1.12 bits per heavy atom. The number of benzene rings is 2. The molecule has 1 aromatic heterocycles. The molecule has 0 bridgehead atoms. The van der Waals surface area contributed by atoms with E-state index >= 15 is 0 Å². The molecule has 3 aromatic rings. The number of nitrogens with zero attached hydrogens (tertiary/aromatic N) is 1. The minimum absolute atomic E-state index is 0.104. The lowest BCUT2D eigenvalue weighted by Gasteiger charge is -2.16. The zero-order valence-corrected chi connectivity index (χ0v) is 21.7. The molecule has 180 valence electrons. The van der Waals surface area contributed by atoms with Gasteiger partial charge in [-0.2, -0.15) is 0 Å². The molecule has 2 atom stereocenters. The van der Waals surface area contributed by atoms with E-state index in [1.165, 1.54) is 20.0 Å². The molecule has 4 rings (SSSR count). The minimum atomic E-state index is -0.508. The van der Waals surface area contributed by atoms with Gasteiger partial charge in [0.1, 0.15) is 12.8 Å². The largest absolute Gasteiger partial charge is 0.459 e. The highest BCUT2D eigenvalue weighted by molar-refractivity contribution is 14.2. The molecular formula is C24H25IN2O6S. The lowest BCUT2D eigenvalue weighted by atomic mass is 10.0. The molecule has 2 heterocycles. The van der Waals surface area contributed by atoms with Crippen molar-refractivity contribution in [1.82, 2.24) is 9.55 Å². The van der Waals surface area contributed by atoms with E-state index in [4.69, 9.17) is 9.47 Å². The van der Waals surface area contributed by atoms with Gasteiger partial charge in [0.15, 0.2) is 0 Å². The van der Waals surface area contributed by atoms with Gasteiger partial charge in [-0.3, -0.25) is 14.3 Å². The first kappa shape index (κ1) is 26.2. The Bertz CT molecular complexity index is 1190. The zero-order valence-electron chi connectivity index (χ0n) is 18.7. The highest BCUT2D eigenvalue weighted by atomic mass is 127. The van der Waals surface area contributed by atoms with Crippen LogP contribution in [0.3, 0.4) is 0 Å². The normalized spacial score (nSPS) is 17.0. The zero-order chi connectivity index (χ0) is 24.5. The van der Waals surface area contributed by atoms with E-state index < -0.39 is 23.4 Å². The van der Waals surface area contributed by atoms with Crippen molar-refractivity contribution in [2.75, 3.05) is 13.7 Å². The average Bonchev–Trinajstić information content (AvgIpc) is 3.34.